The Morgan fingerprint density at radius 3 is 2.49 bits per heavy atom. The molecule has 2 aromatic heterocycles. The molecule has 3 aromatic rings. The number of carbonyl (C=O) groups is 3. The van der Waals surface area contributed by atoms with Gasteiger partial charge in [0.05, 0.1) is 12.1 Å². The highest BCUT2D eigenvalue weighted by atomic mass is 32.2. The fourth-order valence-corrected chi connectivity index (χ4v) is 4.56. The Labute approximate surface area is 239 Å². The van der Waals surface area contributed by atoms with Crippen LogP contribution in [0, 0.1) is 22.7 Å². The van der Waals surface area contributed by atoms with Crippen molar-refractivity contribution in [3.05, 3.63) is 65.0 Å². The SMILES string of the molecule is CNC(=O)c1cc(CSc2nc(N)c(C#N)c(-c3ccc(OCCNC(=O)[C@H](C)NC(=O)O)cc3)c2C#N)ccn1. The van der Waals surface area contributed by atoms with Crippen molar-refractivity contribution in [3.63, 3.8) is 0 Å². The first-order chi connectivity index (χ1) is 19.7. The molecule has 0 saturated heterocycles. The molecule has 13 nitrogen and oxygen atoms in total. The Hall–Kier alpha value is -5.34. The Morgan fingerprint density at radius 1 is 1.15 bits per heavy atom. The number of nitriles is 2. The highest BCUT2D eigenvalue weighted by Crippen LogP contribution is 2.37. The highest BCUT2D eigenvalue weighted by molar-refractivity contribution is 7.98. The molecule has 0 aliphatic carbocycles. The molecule has 210 valence electrons. The summed E-state index contributed by atoms with van der Waals surface area (Å²) in [6.07, 6.45) is 0.224. The van der Waals surface area contributed by atoms with Crippen LogP contribution < -0.4 is 26.4 Å². The molecule has 1 aromatic carbocycles. The minimum absolute atomic E-state index is 0.0209. The van der Waals surface area contributed by atoms with Gasteiger partial charge in [-0.1, -0.05) is 12.1 Å². The Morgan fingerprint density at radius 2 is 1.85 bits per heavy atom. The van der Waals surface area contributed by atoms with Gasteiger partial charge in [-0.2, -0.15) is 10.5 Å². The molecule has 6 N–H and O–H groups in total. The van der Waals surface area contributed by atoms with Crippen LogP contribution in [0.4, 0.5) is 10.6 Å². The molecule has 1 atom stereocenters. The second-order valence-corrected chi connectivity index (χ2v) is 9.37. The zero-order valence-corrected chi connectivity index (χ0v) is 22.9. The number of nitrogens with two attached hydrogens (primary N) is 1. The molecule has 0 fully saturated rings. The number of hydrogen-bond donors (Lipinski definition) is 5. The highest BCUT2D eigenvalue weighted by Gasteiger charge is 2.21. The summed E-state index contributed by atoms with van der Waals surface area (Å²) in [4.78, 5) is 42.8. The van der Waals surface area contributed by atoms with E-state index in [-0.39, 0.29) is 41.7 Å². The minimum atomic E-state index is -1.30. The number of carboxylic acid groups (broad SMARTS) is 1. The van der Waals surface area contributed by atoms with E-state index in [1.807, 2.05) is 6.07 Å². The number of carbonyl (C=O) groups excluding carboxylic acids is 2. The first-order valence-corrected chi connectivity index (χ1v) is 13.1. The van der Waals surface area contributed by atoms with Gasteiger partial charge in [-0.3, -0.25) is 14.6 Å². The molecule has 3 rings (SSSR count). The van der Waals surface area contributed by atoms with Crippen LogP contribution in [0.15, 0.2) is 47.6 Å². The van der Waals surface area contributed by atoms with E-state index >= 15 is 0 Å². The van der Waals surface area contributed by atoms with Gasteiger partial charge in [-0.05, 0) is 42.3 Å². The molecule has 0 saturated carbocycles. The summed E-state index contributed by atoms with van der Waals surface area (Å²) in [6, 6.07) is 13.3. The van der Waals surface area contributed by atoms with Gasteiger partial charge in [0.2, 0.25) is 5.91 Å². The van der Waals surface area contributed by atoms with Crippen molar-refractivity contribution in [2.45, 2.75) is 23.7 Å². The summed E-state index contributed by atoms with van der Waals surface area (Å²) in [6.45, 7) is 1.69. The number of hydrogen-bond acceptors (Lipinski definition) is 10. The van der Waals surface area contributed by atoms with Crippen LogP contribution in [0.3, 0.4) is 0 Å². The van der Waals surface area contributed by atoms with E-state index in [2.05, 4.69) is 32.0 Å². The van der Waals surface area contributed by atoms with Crippen LogP contribution in [0.25, 0.3) is 11.1 Å². The van der Waals surface area contributed by atoms with E-state index in [1.165, 1.54) is 31.9 Å². The largest absolute Gasteiger partial charge is 0.492 e. The number of amides is 3. The molecule has 41 heavy (non-hydrogen) atoms. The predicted octanol–water partition coefficient (Wildman–Crippen LogP) is 2.27. The van der Waals surface area contributed by atoms with E-state index in [0.29, 0.717) is 27.7 Å². The average molecular weight is 575 g/mol. The van der Waals surface area contributed by atoms with Gasteiger partial charge in [-0.15, -0.1) is 11.8 Å². The van der Waals surface area contributed by atoms with E-state index in [4.69, 9.17) is 15.6 Å². The maximum Gasteiger partial charge on any atom is 0.405 e. The lowest BCUT2D eigenvalue weighted by molar-refractivity contribution is -0.122. The van der Waals surface area contributed by atoms with Crippen molar-refractivity contribution in [2.75, 3.05) is 25.9 Å². The number of anilines is 1. The van der Waals surface area contributed by atoms with Gasteiger partial charge in [0.1, 0.15) is 52.6 Å². The molecule has 2 heterocycles. The van der Waals surface area contributed by atoms with Gasteiger partial charge in [0.25, 0.3) is 5.91 Å². The lowest BCUT2D eigenvalue weighted by Gasteiger charge is -2.14. The third-order valence-corrected chi connectivity index (χ3v) is 6.67. The van der Waals surface area contributed by atoms with Crippen molar-refractivity contribution in [1.82, 2.24) is 25.9 Å². The predicted molar refractivity (Wildman–Crippen MR) is 150 cm³/mol. The molecule has 0 radical (unpaired) electrons. The Kier molecular flexibility index (Phi) is 10.4. The normalized spacial score (nSPS) is 10.9. The van der Waals surface area contributed by atoms with Crippen molar-refractivity contribution in [1.29, 1.82) is 10.5 Å². The number of benzene rings is 1. The molecular weight excluding hydrogens is 548 g/mol. The molecular formula is C27H26N8O5S. The quantitative estimate of drug-likeness (QED) is 0.165. The van der Waals surface area contributed by atoms with Crippen molar-refractivity contribution in [2.24, 2.45) is 0 Å². The van der Waals surface area contributed by atoms with Gasteiger partial charge in [0, 0.05) is 24.6 Å². The number of nitrogens with one attached hydrogen (secondary N) is 3. The molecule has 0 aliphatic heterocycles. The molecule has 0 bridgehead atoms. The maximum atomic E-state index is 11.9. The van der Waals surface area contributed by atoms with Crippen LogP contribution in [0.2, 0.25) is 0 Å². The third kappa shape index (κ3) is 7.84. The smallest absolute Gasteiger partial charge is 0.405 e. The van der Waals surface area contributed by atoms with Crippen LogP contribution in [0.1, 0.15) is 34.1 Å². The number of nitrogens with zero attached hydrogens (tertiary/aromatic N) is 4. The fraction of sp³-hybridized carbons (Fsp3) is 0.222. The zero-order chi connectivity index (χ0) is 29.9. The summed E-state index contributed by atoms with van der Waals surface area (Å²) in [5.74, 6) is 0.00925. The second kappa shape index (κ2) is 14.2. The van der Waals surface area contributed by atoms with E-state index in [9.17, 15) is 24.9 Å². The molecule has 14 heteroatoms. The number of thioether (sulfide) groups is 1. The van der Waals surface area contributed by atoms with E-state index in [0.717, 1.165) is 5.56 Å². The monoisotopic (exact) mass is 574 g/mol. The second-order valence-electron chi connectivity index (χ2n) is 8.40. The fourth-order valence-electron chi connectivity index (χ4n) is 3.62. The van der Waals surface area contributed by atoms with Gasteiger partial charge in [-0.25, -0.2) is 9.78 Å². The van der Waals surface area contributed by atoms with Crippen molar-refractivity contribution in [3.8, 4) is 29.0 Å². The van der Waals surface area contributed by atoms with Crippen LogP contribution in [-0.2, 0) is 10.5 Å². The van der Waals surface area contributed by atoms with Crippen LogP contribution in [-0.4, -0.2) is 59.2 Å². The number of rotatable bonds is 11. The minimum Gasteiger partial charge on any atom is -0.492 e. The Bertz CT molecular complexity index is 1530. The molecule has 3 amide bonds. The van der Waals surface area contributed by atoms with Crippen molar-refractivity contribution < 1.29 is 24.2 Å². The Balaban J connectivity index is 1.76. The van der Waals surface area contributed by atoms with Gasteiger partial charge < -0.3 is 31.5 Å². The lowest BCUT2D eigenvalue weighted by atomic mass is 9.97. The van der Waals surface area contributed by atoms with Crippen LogP contribution >= 0.6 is 11.8 Å². The average Bonchev–Trinajstić information content (AvgIpc) is 2.97. The summed E-state index contributed by atoms with van der Waals surface area (Å²) < 4.78 is 5.63. The number of pyridine rings is 2. The first kappa shape index (κ1) is 30.2. The third-order valence-electron chi connectivity index (χ3n) is 5.62. The summed E-state index contributed by atoms with van der Waals surface area (Å²) in [5, 5.41) is 36.0. The van der Waals surface area contributed by atoms with E-state index < -0.39 is 18.0 Å². The van der Waals surface area contributed by atoms with Crippen LogP contribution in [0.5, 0.6) is 5.75 Å². The number of ether oxygens (including phenoxy) is 1. The van der Waals surface area contributed by atoms with Gasteiger partial charge >= 0.3 is 6.09 Å². The topological polar surface area (TPSA) is 216 Å². The summed E-state index contributed by atoms with van der Waals surface area (Å²) in [5.41, 5.74) is 8.29. The standard InChI is InChI=1S/C27H26N8O5S/c1-15(34-27(38)39)24(36)33-9-10-40-18-5-3-17(4-6-18)22-19(12-28)23(30)35-26(20(22)13-29)41-14-16-7-8-32-21(11-16)25(37)31-2/h3-8,11,15,34H,9-10,14H2,1-2H3,(H2,30,35)(H,31,37)(H,33,36)(H,38,39)/t15-/m0/s1. The lowest BCUT2D eigenvalue weighted by Crippen LogP contribution is -2.45. The first-order valence-electron chi connectivity index (χ1n) is 12.1. The number of aromatic nitrogens is 2. The van der Waals surface area contributed by atoms with Gasteiger partial charge in [0.15, 0.2) is 0 Å². The molecule has 0 spiro atoms. The van der Waals surface area contributed by atoms with E-state index in [1.54, 1.807) is 36.4 Å². The molecule has 0 unspecified atom stereocenters. The summed E-state index contributed by atoms with van der Waals surface area (Å²) >= 11 is 1.24. The zero-order valence-electron chi connectivity index (χ0n) is 22.1. The molecule has 0 aliphatic rings. The number of nitrogen functional groups attached to an aromatic ring is 1. The maximum absolute atomic E-state index is 11.9. The van der Waals surface area contributed by atoms with Crippen molar-refractivity contribution >= 4 is 35.5 Å². The summed E-state index contributed by atoms with van der Waals surface area (Å²) in [7, 11) is 1.51.